The first-order valence-corrected chi connectivity index (χ1v) is 9.34. The maximum atomic E-state index is 11.9. The molecule has 0 saturated heterocycles. The highest BCUT2D eigenvalue weighted by Gasteiger charge is 2.09. The van der Waals surface area contributed by atoms with Gasteiger partial charge in [0, 0.05) is 18.9 Å². The maximum Gasteiger partial charge on any atom is 0.262 e. The average Bonchev–Trinajstić information content (AvgIpc) is 2.76. The molecule has 0 aromatic heterocycles. The lowest BCUT2D eigenvalue weighted by Crippen LogP contribution is -2.41. The van der Waals surface area contributed by atoms with E-state index in [1.165, 1.54) is 20.3 Å². The molecule has 0 saturated carbocycles. The van der Waals surface area contributed by atoms with Crippen molar-refractivity contribution in [2.24, 2.45) is 0 Å². The standard InChI is InChI=1S/C21H22ClN3O5/c1-29-17-9-7-14(13-18(17)30-2)8-10-20(27)24-25-21(28)12-11-19(26)23-16-6-4-3-5-15(16)22/h3-10,13H,11-12H2,1-2H3,(H,23,26)(H,24,27)(H,25,28)/b10-8+. The predicted octanol–water partition coefficient (Wildman–Crippen LogP) is 2.94. The van der Waals surface area contributed by atoms with Gasteiger partial charge in [0.15, 0.2) is 11.5 Å². The van der Waals surface area contributed by atoms with Crippen LogP contribution < -0.4 is 25.6 Å². The highest BCUT2D eigenvalue weighted by molar-refractivity contribution is 6.33. The van der Waals surface area contributed by atoms with Gasteiger partial charge in [0.2, 0.25) is 11.8 Å². The molecule has 2 rings (SSSR count). The molecule has 0 radical (unpaired) electrons. The zero-order valence-corrected chi connectivity index (χ0v) is 17.3. The number of halogens is 1. The molecule has 8 nitrogen and oxygen atoms in total. The van der Waals surface area contributed by atoms with E-state index in [-0.39, 0.29) is 18.7 Å². The van der Waals surface area contributed by atoms with Crippen molar-refractivity contribution >= 4 is 41.1 Å². The number of carbonyl (C=O) groups is 3. The van der Waals surface area contributed by atoms with E-state index in [2.05, 4.69) is 16.2 Å². The average molecular weight is 432 g/mol. The molecular weight excluding hydrogens is 410 g/mol. The lowest BCUT2D eigenvalue weighted by atomic mass is 10.2. The van der Waals surface area contributed by atoms with Crippen LogP contribution in [0.4, 0.5) is 5.69 Å². The normalized spacial score (nSPS) is 10.4. The maximum absolute atomic E-state index is 11.9. The van der Waals surface area contributed by atoms with Gasteiger partial charge in [-0.3, -0.25) is 25.2 Å². The summed E-state index contributed by atoms with van der Waals surface area (Å²) >= 11 is 5.96. The van der Waals surface area contributed by atoms with Crippen LogP contribution in [-0.4, -0.2) is 31.9 Å². The minimum Gasteiger partial charge on any atom is -0.493 e. The van der Waals surface area contributed by atoms with Crippen molar-refractivity contribution < 1.29 is 23.9 Å². The lowest BCUT2D eigenvalue weighted by Gasteiger charge is -2.08. The quantitative estimate of drug-likeness (QED) is 0.440. The number of para-hydroxylation sites is 1. The van der Waals surface area contributed by atoms with Gasteiger partial charge in [-0.1, -0.05) is 29.8 Å². The van der Waals surface area contributed by atoms with Crippen molar-refractivity contribution in [3.63, 3.8) is 0 Å². The van der Waals surface area contributed by atoms with Gasteiger partial charge in [0.05, 0.1) is 24.9 Å². The third-order valence-electron chi connectivity index (χ3n) is 3.89. The van der Waals surface area contributed by atoms with Crippen LogP contribution in [0.3, 0.4) is 0 Å². The summed E-state index contributed by atoms with van der Waals surface area (Å²) in [5, 5.41) is 3.02. The monoisotopic (exact) mass is 431 g/mol. The summed E-state index contributed by atoms with van der Waals surface area (Å²) in [6.07, 6.45) is 2.65. The van der Waals surface area contributed by atoms with Crippen molar-refractivity contribution in [2.45, 2.75) is 12.8 Å². The molecule has 158 valence electrons. The van der Waals surface area contributed by atoms with Gasteiger partial charge in [0.1, 0.15) is 0 Å². The van der Waals surface area contributed by atoms with Crippen molar-refractivity contribution in [3.05, 3.63) is 59.1 Å². The van der Waals surface area contributed by atoms with Crippen LogP contribution >= 0.6 is 11.6 Å². The molecule has 0 aliphatic rings. The number of hydrazine groups is 1. The van der Waals surface area contributed by atoms with E-state index in [4.69, 9.17) is 21.1 Å². The summed E-state index contributed by atoms with van der Waals surface area (Å²) in [7, 11) is 3.05. The number of amides is 3. The van der Waals surface area contributed by atoms with Gasteiger partial charge in [-0.2, -0.15) is 0 Å². The Morgan fingerprint density at radius 3 is 2.33 bits per heavy atom. The van der Waals surface area contributed by atoms with E-state index in [1.807, 2.05) is 0 Å². The number of ether oxygens (including phenoxy) is 2. The molecule has 0 spiro atoms. The third kappa shape index (κ3) is 7.14. The molecule has 0 aliphatic heterocycles. The van der Waals surface area contributed by atoms with Crippen molar-refractivity contribution in [2.75, 3.05) is 19.5 Å². The molecule has 3 amide bonds. The Bertz CT molecular complexity index is 946. The molecule has 0 bridgehead atoms. The zero-order chi connectivity index (χ0) is 21.9. The molecule has 0 aliphatic carbocycles. The Labute approximate surface area is 179 Å². The SMILES string of the molecule is COc1ccc(/C=C/C(=O)NNC(=O)CCC(=O)Nc2ccccc2Cl)cc1OC. The van der Waals surface area contributed by atoms with E-state index < -0.39 is 11.8 Å². The summed E-state index contributed by atoms with van der Waals surface area (Å²) in [4.78, 5) is 35.6. The topological polar surface area (TPSA) is 106 Å². The van der Waals surface area contributed by atoms with E-state index in [0.717, 1.165) is 0 Å². The number of nitrogens with one attached hydrogen (secondary N) is 3. The van der Waals surface area contributed by atoms with Crippen LogP contribution in [0.5, 0.6) is 11.5 Å². The summed E-state index contributed by atoms with van der Waals surface area (Å²) in [6.45, 7) is 0. The van der Waals surface area contributed by atoms with Crippen LogP contribution in [-0.2, 0) is 14.4 Å². The highest BCUT2D eigenvalue weighted by atomic mass is 35.5. The Balaban J connectivity index is 1.75. The summed E-state index contributed by atoms with van der Waals surface area (Å²) in [5.41, 5.74) is 5.69. The van der Waals surface area contributed by atoms with Gasteiger partial charge >= 0.3 is 0 Å². The van der Waals surface area contributed by atoms with Gasteiger partial charge in [-0.15, -0.1) is 0 Å². The van der Waals surface area contributed by atoms with Crippen molar-refractivity contribution in [3.8, 4) is 11.5 Å². The first kappa shape index (κ1) is 22.8. The third-order valence-corrected chi connectivity index (χ3v) is 4.22. The number of benzene rings is 2. The lowest BCUT2D eigenvalue weighted by molar-refractivity contribution is -0.128. The van der Waals surface area contributed by atoms with Crippen LogP contribution in [0.15, 0.2) is 48.5 Å². The fourth-order valence-corrected chi connectivity index (χ4v) is 2.55. The van der Waals surface area contributed by atoms with Crippen molar-refractivity contribution in [1.29, 1.82) is 0 Å². The number of rotatable bonds is 8. The number of carbonyl (C=O) groups excluding carboxylic acids is 3. The number of methoxy groups -OCH3 is 2. The van der Waals surface area contributed by atoms with Crippen LogP contribution in [0.25, 0.3) is 6.08 Å². The van der Waals surface area contributed by atoms with Gasteiger partial charge in [-0.25, -0.2) is 0 Å². The summed E-state index contributed by atoms with van der Waals surface area (Å²) in [5.74, 6) is -0.290. The minimum atomic E-state index is -0.529. The number of anilines is 1. The Hall–Kier alpha value is -3.52. The number of hydrogen-bond donors (Lipinski definition) is 3. The largest absolute Gasteiger partial charge is 0.493 e. The van der Waals surface area contributed by atoms with Crippen LogP contribution in [0.1, 0.15) is 18.4 Å². The fraction of sp³-hybridized carbons (Fsp3) is 0.190. The summed E-state index contributed by atoms with van der Waals surface area (Å²) < 4.78 is 10.3. The highest BCUT2D eigenvalue weighted by Crippen LogP contribution is 2.27. The Morgan fingerprint density at radius 2 is 1.63 bits per heavy atom. The fourth-order valence-electron chi connectivity index (χ4n) is 2.37. The first-order valence-electron chi connectivity index (χ1n) is 8.96. The Morgan fingerprint density at radius 1 is 0.933 bits per heavy atom. The van der Waals surface area contributed by atoms with Gasteiger partial charge < -0.3 is 14.8 Å². The second-order valence-corrected chi connectivity index (χ2v) is 6.42. The number of hydrogen-bond acceptors (Lipinski definition) is 5. The molecule has 0 heterocycles. The second kappa shape index (κ2) is 11.5. The van der Waals surface area contributed by atoms with E-state index in [9.17, 15) is 14.4 Å². The molecule has 2 aromatic rings. The predicted molar refractivity (Wildman–Crippen MR) is 114 cm³/mol. The van der Waals surface area contributed by atoms with Crippen molar-refractivity contribution in [1.82, 2.24) is 10.9 Å². The van der Waals surface area contributed by atoms with Crippen LogP contribution in [0, 0.1) is 0 Å². The molecular formula is C21H22ClN3O5. The Kier molecular flexibility index (Phi) is 8.71. The first-order chi connectivity index (χ1) is 14.4. The molecule has 30 heavy (non-hydrogen) atoms. The smallest absolute Gasteiger partial charge is 0.262 e. The molecule has 0 fully saturated rings. The zero-order valence-electron chi connectivity index (χ0n) is 16.5. The molecule has 0 unspecified atom stereocenters. The molecule has 9 heteroatoms. The van der Waals surface area contributed by atoms with Crippen LogP contribution in [0.2, 0.25) is 5.02 Å². The molecule has 2 aromatic carbocycles. The van der Waals surface area contributed by atoms with E-state index in [1.54, 1.807) is 48.5 Å². The minimum absolute atomic E-state index is 0.0611. The summed E-state index contributed by atoms with van der Waals surface area (Å²) in [6, 6.07) is 12.0. The van der Waals surface area contributed by atoms with Gasteiger partial charge in [-0.05, 0) is 35.9 Å². The second-order valence-electron chi connectivity index (χ2n) is 6.01. The van der Waals surface area contributed by atoms with E-state index in [0.29, 0.717) is 27.8 Å². The van der Waals surface area contributed by atoms with E-state index >= 15 is 0 Å². The molecule has 3 N–H and O–H groups in total. The van der Waals surface area contributed by atoms with Gasteiger partial charge in [0.25, 0.3) is 5.91 Å². The molecule has 0 atom stereocenters.